The maximum atomic E-state index is 12.8. The molecule has 3 nitrogen and oxygen atoms in total. The molecule has 2 aromatic rings. The van der Waals surface area contributed by atoms with E-state index in [0.717, 1.165) is 22.3 Å². The lowest BCUT2D eigenvalue weighted by molar-refractivity contribution is 0.103. The van der Waals surface area contributed by atoms with Crippen LogP contribution in [0.2, 0.25) is 0 Å². The summed E-state index contributed by atoms with van der Waals surface area (Å²) < 4.78 is 10.6. The number of allylic oxidation sites excluding steroid dienone is 1. The molecule has 0 unspecified atom stereocenters. The van der Waals surface area contributed by atoms with E-state index in [2.05, 4.69) is 13.8 Å². The van der Waals surface area contributed by atoms with Crippen LogP contribution in [-0.2, 0) is 5.41 Å². The number of carbonyl (C=O) groups excluding carboxylic acids is 1. The molecule has 1 aliphatic rings. The number of ketones is 1. The van der Waals surface area contributed by atoms with Gasteiger partial charge in [-0.1, -0.05) is 44.2 Å². The Labute approximate surface area is 136 Å². The van der Waals surface area contributed by atoms with Crippen LogP contribution in [0.3, 0.4) is 0 Å². The lowest BCUT2D eigenvalue weighted by atomic mass is 9.82. The van der Waals surface area contributed by atoms with Crippen molar-refractivity contribution in [1.82, 2.24) is 0 Å². The highest BCUT2D eigenvalue weighted by Gasteiger charge is 2.40. The standard InChI is InChI=1S/C20H20O3/c1-20(2)15-8-6-5-7-14(15)19(21)16(20)11-13-9-10-17(22-3)18(12-13)23-4/h5-12H,1-4H3/b16-11-. The Morgan fingerprint density at radius 3 is 2.30 bits per heavy atom. The average molecular weight is 308 g/mol. The van der Waals surface area contributed by atoms with Gasteiger partial charge in [0.15, 0.2) is 17.3 Å². The maximum Gasteiger partial charge on any atom is 0.190 e. The van der Waals surface area contributed by atoms with Crippen molar-refractivity contribution in [2.75, 3.05) is 14.2 Å². The van der Waals surface area contributed by atoms with Crippen molar-refractivity contribution in [2.45, 2.75) is 19.3 Å². The van der Waals surface area contributed by atoms with Crippen LogP contribution in [0, 0.1) is 0 Å². The Kier molecular flexibility index (Phi) is 3.72. The quantitative estimate of drug-likeness (QED) is 0.795. The molecule has 0 N–H and O–H groups in total. The topological polar surface area (TPSA) is 35.5 Å². The number of benzene rings is 2. The van der Waals surface area contributed by atoms with Gasteiger partial charge in [0.1, 0.15) is 0 Å². The van der Waals surface area contributed by atoms with Crippen LogP contribution in [-0.4, -0.2) is 20.0 Å². The average Bonchev–Trinajstić information content (AvgIpc) is 2.76. The van der Waals surface area contributed by atoms with Crippen molar-refractivity contribution < 1.29 is 14.3 Å². The maximum absolute atomic E-state index is 12.8. The van der Waals surface area contributed by atoms with Crippen LogP contribution in [0.4, 0.5) is 0 Å². The van der Waals surface area contributed by atoms with Gasteiger partial charge in [-0.25, -0.2) is 0 Å². The van der Waals surface area contributed by atoms with Crippen molar-refractivity contribution in [3.63, 3.8) is 0 Å². The molecule has 23 heavy (non-hydrogen) atoms. The predicted molar refractivity (Wildman–Crippen MR) is 91.3 cm³/mol. The van der Waals surface area contributed by atoms with Gasteiger partial charge in [-0.05, 0) is 29.3 Å². The van der Waals surface area contributed by atoms with Crippen LogP contribution < -0.4 is 9.47 Å². The van der Waals surface area contributed by atoms with Crippen molar-refractivity contribution in [2.24, 2.45) is 0 Å². The van der Waals surface area contributed by atoms with Gasteiger partial charge in [0, 0.05) is 16.6 Å². The Bertz CT molecular complexity index is 800. The molecule has 0 radical (unpaired) electrons. The van der Waals surface area contributed by atoms with Gasteiger partial charge in [0.2, 0.25) is 0 Å². The SMILES string of the molecule is COc1ccc(/C=C2/C(=O)c3ccccc3C2(C)C)cc1OC. The summed E-state index contributed by atoms with van der Waals surface area (Å²) in [4.78, 5) is 12.8. The van der Waals surface area contributed by atoms with Crippen LogP contribution in [0.5, 0.6) is 11.5 Å². The minimum Gasteiger partial charge on any atom is -0.493 e. The molecule has 0 spiro atoms. The Morgan fingerprint density at radius 2 is 1.65 bits per heavy atom. The number of ether oxygens (including phenoxy) is 2. The first kappa shape index (κ1) is 15.3. The fourth-order valence-electron chi connectivity index (χ4n) is 3.16. The normalized spacial score (nSPS) is 17.2. The molecular weight excluding hydrogens is 288 g/mol. The molecule has 3 rings (SSSR count). The lowest BCUT2D eigenvalue weighted by Gasteiger charge is -2.20. The Balaban J connectivity index is 2.09. The molecule has 0 aliphatic heterocycles. The molecule has 0 fully saturated rings. The molecule has 0 bridgehead atoms. The Morgan fingerprint density at radius 1 is 0.957 bits per heavy atom. The van der Waals surface area contributed by atoms with Crippen molar-refractivity contribution in [3.8, 4) is 11.5 Å². The van der Waals surface area contributed by atoms with Crippen LogP contribution in [0.1, 0.15) is 35.3 Å². The monoisotopic (exact) mass is 308 g/mol. The molecule has 0 heterocycles. The first-order valence-electron chi connectivity index (χ1n) is 7.57. The van der Waals surface area contributed by atoms with Gasteiger partial charge in [-0.3, -0.25) is 4.79 Å². The summed E-state index contributed by atoms with van der Waals surface area (Å²) in [5.41, 5.74) is 3.29. The van der Waals surface area contributed by atoms with Crippen molar-refractivity contribution in [3.05, 3.63) is 64.7 Å². The van der Waals surface area contributed by atoms with Crippen molar-refractivity contribution >= 4 is 11.9 Å². The van der Waals surface area contributed by atoms with Crippen molar-refractivity contribution in [1.29, 1.82) is 0 Å². The zero-order valence-electron chi connectivity index (χ0n) is 13.8. The molecule has 2 aromatic carbocycles. The number of fused-ring (bicyclic) bond motifs is 1. The van der Waals surface area contributed by atoms with E-state index >= 15 is 0 Å². The third-order valence-corrected chi connectivity index (χ3v) is 4.48. The van der Waals surface area contributed by atoms with E-state index in [1.165, 1.54) is 0 Å². The van der Waals surface area contributed by atoms with Crippen LogP contribution in [0.15, 0.2) is 48.0 Å². The van der Waals surface area contributed by atoms with Gasteiger partial charge < -0.3 is 9.47 Å². The van der Waals surface area contributed by atoms with E-state index in [0.29, 0.717) is 11.5 Å². The summed E-state index contributed by atoms with van der Waals surface area (Å²) in [6.07, 6.45) is 1.95. The summed E-state index contributed by atoms with van der Waals surface area (Å²) >= 11 is 0. The molecular formula is C20H20O3. The second kappa shape index (κ2) is 5.58. The van der Waals surface area contributed by atoms with Gasteiger partial charge in [-0.15, -0.1) is 0 Å². The highest BCUT2D eigenvalue weighted by molar-refractivity contribution is 6.17. The smallest absolute Gasteiger partial charge is 0.190 e. The zero-order valence-corrected chi connectivity index (χ0v) is 13.8. The third kappa shape index (κ3) is 2.42. The fraction of sp³-hybridized carbons (Fsp3) is 0.250. The highest BCUT2D eigenvalue weighted by atomic mass is 16.5. The minimum atomic E-state index is -0.305. The summed E-state index contributed by atoms with van der Waals surface area (Å²) in [5.74, 6) is 1.43. The molecule has 0 amide bonds. The molecule has 0 atom stereocenters. The number of hydrogen-bond acceptors (Lipinski definition) is 3. The number of methoxy groups -OCH3 is 2. The number of carbonyl (C=O) groups is 1. The minimum absolute atomic E-state index is 0.0976. The first-order chi connectivity index (χ1) is 11.0. The summed E-state index contributed by atoms with van der Waals surface area (Å²) in [6, 6.07) is 13.5. The molecule has 0 aromatic heterocycles. The molecule has 3 heteroatoms. The number of hydrogen-bond donors (Lipinski definition) is 0. The molecule has 0 saturated carbocycles. The van der Waals surface area contributed by atoms with Gasteiger partial charge in [-0.2, -0.15) is 0 Å². The highest BCUT2D eigenvalue weighted by Crippen LogP contribution is 2.43. The van der Waals surface area contributed by atoms with Crippen LogP contribution >= 0.6 is 0 Å². The zero-order chi connectivity index (χ0) is 16.6. The van der Waals surface area contributed by atoms with E-state index in [9.17, 15) is 4.79 Å². The number of rotatable bonds is 3. The van der Waals surface area contributed by atoms with Gasteiger partial charge in [0.05, 0.1) is 14.2 Å². The largest absolute Gasteiger partial charge is 0.493 e. The second-order valence-electron chi connectivity index (χ2n) is 6.17. The van der Waals surface area contributed by atoms with E-state index in [1.54, 1.807) is 14.2 Å². The van der Waals surface area contributed by atoms with Gasteiger partial charge >= 0.3 is 0 Å². The fourth-order valence-corrected chi connectivity index (χ4v) is 3.16. The Hall–Kier alpha value is -2.55. The predicted octanol–water partition coefficient (Wildman–Crippen LogP) is 4.26. The van der Waals surface area contributed by atoms with E-state index in [-0.39, 0.29) is 11.2 Å². The number of Topliss-reactive ketones (excluding diaryl/α,β-unsaturated/α-hetero) is 1. The van der Waals surface area contributed by atoms with Crippen LogP contribution in [0.25, 0.3) is 6.08 Å². The summed E-state index contributed by atoms with van der Waals surface area (Å²) in [7, 11) is 3.21. The second-order valence-corrected chi connectivity index (χ2v) is 6.17. The summed E-state index contributed by atoms with van der Waals surface area (Å²) in [5, 5.41) is 0. The lowest BCUT2D eigenvalue weighted by Crippen LogP contribution is -2.16. The van der Waals surface area contributed by atoms with E-state index in [1.807, 2.05) is 48.5 Å². The first-order valence-corrected chi connectivity index (χ1v) is 7.57. The third-order valence-electron chi connectivity index (χ3n) is 4.48. The molecule has 118 valence electrons. The van der Waals surface area contributed by atoms with E-state index < -0.39 is 0 Å². The molecule has 1 aliphatic carbocycles. The summed E-state index contributed by atoms with van der Waals surface area (Å²) in [6.45, 7) is 4.17. The molecule has 0 saturated heterocycles. The van der Waals surface area contributed by atoms with E-state index in [4.69, 9.17) is 9.47 Å². The van der Waals surface area contributed by atoms with Gasteiger partial charge in [0.25, 0.3) is 0 Å².